The number of nitrogens with one attached hydrogen (secondary N) is 1. The highest BCUT2D eigenvalue weighted by Gasteiger charge is 2.08. The van der Waals surface area contributed by atoms with Crippen LogP contribution < -0.4 is 5.73 Å². The highest BCUT2D eigenvalue weighted by Crippen LogP contribution is 2.17. The van der Waals surface area contributed by atoms with Gasteiger partial charge in [-0.25, -0.2) is 4.98 Å². The number of imidazole rings is 1. The van der Waals surface area contributed by atoms with Gasteiger partial charge < -0.3 is 15.8 Å². The Hall–Kier alpha value is -1.88. The summed E-state index contributed by atoms with van der Waals surface area (Å²) < 4.78 is 0. The Kier molecular flexibility index (Phi) is 1.94. The Bertz CT molecular complexity index is 490. The number of H-pyrrole nitrogens is 1. The van der Waals surface area contributed by atoms with Crippen LogP contribution in [0.15, 0.2) is 18.5 Å². The number of carbonyl (C=O) groups is 1. The third-order valence-electron chi connectivity index (χ3n) is 2.06. The van der Waals surface area contributed by atoms with Crippen molar-refractivity contribution in [3.8, 4) is 0 Å². The molecular formula is C9H9N3O2. The van der Waals surface area contributed by atoms with E-state index < -0.39 is 5.91 Å². The first-order valence-electron chi connectivity index (χ1n) is 4.09. The molecule has 0 bridgehead atoms. The molecule has 14 heavy (non-hydrogen) atoms. The minimum atomic E-state index is -0.517. The second kappa shape index (κ2) is 3.12. The van der Waals surface area contributed by atoms with Gasteiger partial charge in [0.25, 0.3) is 0 Å². The molecule has 1 aromatic heterocycles. The van der Waals surface area contributed by atoms with Crippen molar-refractivity contribution in [1.29, 1.82) is 0 Å². The first-order valence-corrected chi connectivity index (χ1v) is 4.09. The Morgan fingerprint density at radius 2 is 2.36 bits per heavy atom. The summed E-state index contributed by atoms with van der Waals surface area (Å²) in [6, 6.07) is 3.16. The van der Waals surface area contributed by atoms with E-state index in [1.54, 1.807) is 12.1 Å². The monoisotopic (exact) mass is 191 g/mol. The molecule has 1 heterocycles. The van der Waals surface area contributed by atoms with Crippen molar-refractivity contribution < 1.29 is 9.90 Å². The van der Waals surface area contributed by atoms with E-state index in [1.807, 2.05) is 0 Å². The van der Waals surface area contributed by atoms with Crippen LogP contribution in [-0.4, -0.2) is 21.0 Å². The Balaban J connectivity index is 2.73. The molecule has 0 aliphatic rings. The number of benzene rings is 1. The quantitative estimate of drug-likeness (QED) is 0.631. The van der Waals surface area contributed by atoms with E-state index in [4.69, 9.17) is 10.8 Å². The molecule has 2 rings (SSSR count). The minimum absolute atomic E-state index is 0.164. The Labute approximate surface area is 79.6 Å². The summed E-state index contributed by atoms with van der Waals surface area (Å²) in [4.78, 5) is 17.8. The topological polar surface area (TPSA) is 92.0 Å². The zero-order valence-electron chi connectivity index (χ0n) is 7.32. The SMILES string of the molecule is NC(=O)c1cc(CO)c2nc[nH]c2c1. The zero-order valence-corrected chi connectivity index (χ0v) is 7.32. The number of amides is 1. The summed E-state index contributed by atoms with van der Waals surface area (Å²) in [5.74, 6) is -0.517. The normalized spacial score (nSPS) is 10.6. The molecule has 0 radical (unpaired) electrons. The lowest BCUT2D eigenvalue weighted by Gasteiger charge is -2.00. The van der Waals surface area contributed by atoms with Crippen molar-refractivity contribution in [2.75, 3.05) is 0 Å². The molecule has 5 nitrogen and oxygen atoms in total. The maximum Gasteiger partial charge on any atom is 0.248 e. The second-order valence-electron chi connectivity index (χ2n) is 2.96. The van der Waals surface area contributed by atoms with Gasteiger partial charge >= 0.3 is 0 Å². The standard InChI is InChI=1S/C9H9N3O2/c10-9(14)5-1-6(3-13)8-7(2-5)11-4-12-8/h1-2,4,13H,3H2,(H2,10,14)(H,11,12). The fourth-order valence-electron chi connectivity index (χ4n) is 1.39. The summed E-state index contributed by atoms with van der Waals surface area (Å²) in [5.41, 5.74) is 7.47. The molecule has 0 aliphatic carbocycles. The van der Waals surface area contributed by atoms with Crippen LogP contribution in [0.3, 0.4) is 0 Å². The number of aromatic amines is 1. The number of fused-ring (bicyclic) bond motifs is 1. The van der Waals surface area contributed by atoms with Crippen LogP contribution in [0.1, 0.15) is 15.9 Å². The van der Waals surface area contributed by atoms with Crippen molar-refractivity contribution >= 4 is 16.9 Å². The van der Waals surface area contributed by atoms with E-state index >= 15 is 0 Å². The smallest absolute Gasteiger partial charge is 0.248 e. The molecule has 4 N–H and O–H groups in total. The van der Waals surface area contributed by atoms with Gasteiger partial charge in [-0.05, 0) is 12.1 Å². The van der Waals surface area contributed by atoms with E-state index in [0.29, 0.717) is 22.2 Å². The van der Waals surface area contributed by atoms with Crippen LogP contribution in [0.4, 0.5) is 0 Å². The van der Waals surface area contributed by atoms with E-state index in [2.05, 4.69) is 9.97 Å². The predicted molar refractivity (Wildman–Crippen MR) is 50.5 cm³/mol. The van der Waals surface area contributed by atoms with Gasteiger partial charge in [-0.3, -0.25) is 4.79 Å². The Morgan fingerprint density at radius 3 is 3.00 bits per heavy atom. The maximum atomic E-state index is 10.9. The zero-order chi connectivity index (χ0) is 10.1. The minimum Gasteiger partial charge on any atom is -0.392 e. The molecule has 5 heteroatoms. The van der Waals surface area contributed by atoms with E-state index in [9.17, 15) is 4.79 Å². The van der Waals surface area contributed by atoms with Crippen molar-refractivity contribution in [2.45, 2.75) is 6.61 Å². The first-order chi connectivity index (χ1) is 6.72. The van der Waals surface area contributed by atoms with Crippen molar-refractivity contribution in [3.63, 3.8) is 0 Å². The van der Waals surface area contributed by atoms with Gasteiger partial charge in [0.05, 0.1) is 24.0 Å². The third kappa shape index (κ3) is 1.23. The number of nitrogens with zero attached hydrogens (tertiary/aromatic N) is 1. The second-order valence-corrected chi connectivity index (χ2v) is 2.96. The molecule has 2 aromatic rings. The number of aliphatic hydroxyl groups excluding tert-OH is 1. The Morgan fingerprint density at radius 1 is 1.57 bits per heavy atom. The lowest BCUT2D eigenvalue weighted by atomic mass is 10.1. The number of primary amides is 1. The van der Waals surface area contributed by atoms with Gasteiger partial charge in [-0.2, -0.15) is 0 Å². The van der Waals surface area contributed by atoms with Crippen LogP contribution in [0.2, 0.25) is 0 Å². The number of carbonyl (C=O) groups excluding carboxylic acids is 1. The van der Waals surface area contributed by atoms with Crippen LogP contribution in [0, 0.1) is 0 Å². The van der Waals surface area contributed by atoms with E-state index in [-0.39, 0.29) is 6.61 Å². The molecule has 1 amide bonds. The highest BCUT2D eigenvalue weighted by molar-refractivity contribution is 5.97. The molecule has 0 saturated heterocycles. The molecule has 72 valence electrons. The number of nitrogens with two attached hydrogens (primary N) is 1. The summed E-state index contributed by atoms with van der Waals surface area (Å²) >= 11 is 0. The molecule has 0 unspecified atom stereocenters. The van der Waals surface area contributed by atoms with Crippen molar-refractivity contribution in [2.24, 2.45) is 5.73 Å². The summed E-state index contributed by atoms with van der Waals surface area (Å²) in [6.45, 7) is -0.164. The van der Waals surface area contributed by atoms with Crippen molar-refractivity contribution in [1.82, 2.24) is 9.97 Å². The summed E-state index contributed by atoms with van der Waals surface area (Å²) in [7, 11) is 0. The fraction of sp³-hybridized carbons (Fsp3) is 0.111. The molecule has 0 fully saturated rings. The summed E-state index contributed by atoms with van der Waals surface area (Å²) in [6.07, 6.45) is 1.51. The van der Waals surface area contributed by atoms with Crippen LogP contribution in [0.5, 0.6) is 0 Å². The van der Waals surface area contributed by atoms with E-state index in [1.165, 1.54) is 6.33 Å². The lowest BCUT2D eigenvalue weighted by Crippen LogP contribution is -2.11. The average Bonchev–Trinajstić information content (AvgIpc) is 2.63. The molecule has 0 aliphatic heterocycles. The molecule has 1 aromatic carbocycles. The van der Waals surface area contributed by atoms with Gasteiger partial charge in [0.2, 0.25) is 5.91 Å². The van der Waals surface area contributed by atoms with Crippen LogP contribution in [0.25, 0.3) is 11.0 Å². The predicted octanol–water partition coefficient (Wildman–Crippen LogP) is 0.154. The van der Waals surface area contributed by atoms with Crippen molar-refractivity contribution in [3.05, 3.63) is 29.6 Å². The summed E-state index contributed by atoms with van der Waals surface area (Å²) in [5, 5.41) is 9.05. The van der Waals surface area contributed by atoms with Gasteiger partial charge in [-0.15, -0.1) is 0 Å². The third-order valence-corrected chi connectivity index (χ3v) is 2.06. The van der Waals surface area contributed by atoms with Gasteiger partial charge in [0.15, 0.2) is 0 Å². The molecular weight excluding hydrogens is 182 g/mol. The number of aromatic nitrogens is 2. The maximum absolute atomic E-state index is 10.9. The number of rotatable bonds is 2. The van der Waals surface area contributed by atoms with Gasteiger partial charge in [0, 0.05) is 11.1 Å². The van der Waals surface area contributed by atoms with E-state index in [0.717, 1.165) is 0 Å². The van der Waals surface area contributed by atoms with Gasteiger partial charge in [-0.1, -0.05) is 0 Å². The number of hydrogen-bond acceptors (Lipinski definition) is 3. The largest absolute Gasteiger partial charge is 0.392 e. The molecule has 0 spiro atoms. The van der Waals surface area contributed by atoms with Gasteiger partial charge in [0.1, 0.15) is 0 Å². The van der Waals surface area contributed by atoms with Crippen LogP contribution >= 0.6 is 0 Å². The lowest BCUT2D eigenvalue weighted by molar-refractivity contribution is 0.100. The fourth-order valence-corrected chi connectivity index (χ4v) is 1.39. The molecule has 0 saturated carbocycles. The molecule has 0 atom stereocenters. The highest BCUT2D eigenvalue weighted by atomic mass is 16.3. The van der Waals surface area contributed by atoms with Crippen LogP contribution in [-0.2, 0) is 6.61 Å². The number of hydrogen-bond donors (Lipinski definition) is 3. The number of aliphatic hydroxyl groups is 1. The average molecular weight is 191 g/mol. The first kappa shape index (κ1) is 8.71.